The van der Waals surface area contributed by atoms with Crippen LogP contribution in [0.25, 0.3) is 0 Å². The summed E-state index contributed by atoms with van der Waals surface area (Å²) in [6.07, 6.45) is 4.65. The summed E-state index contributed by atoms with van der Waals surface area (Å²) in [5.41, 5.74) is 2.11. The third kappa shape index (κ3) is 5.81. The standard InChI is InChI=1S/C24H24ClNO3/c1-3-24(2,23(27)28-17-20-5-4-14-26-16-20)29-22-12-8-19(9-13-22)15-18-6-10-21(25)11-7-18/h4-14,16H,3,15,17H2,1-2H3. The van der Waals surface area contributed by atoms with Crippen LogP contribution >= 0.6 is 11.6 Å². The number of aromatic nitrogens is 1. The lowest BCUT2D eigenvalue weighted by atomic mass is 10.0. The minimum absolute atomic E-state index is 0.172. The van der Waals surface area contributed by atoms with Crippen LogP contribution in [0, 0.1) is 0 Å². The van der Waals surface area contributed by atoms with E-state index in [1.807, 2.05) is 67.6 Å². The molecule has 0 saturated heterocycles. The van der Waals surface area contributed by atoms with E-state index in [0.717, 1.165) is 22.6 Å². The first-order valence-electron chi connectivity index (χ1n) is 9.57. The van der Waals surface area contributed by atoms with Gasteiger partial charge in [0.15, 0.2) is 0 Å². The Labute approximate surface area is 176 Å². The molecule has 0 saturated carbocycles. The smallest absolute Gasteiger partial charge is 0.350 e. The number of benzene rings is 2. The van der Waals surface area contributed by atoms with E-state index < -0.39 is 11.6 Å². The molecule has 1 unspecified atom stereocenters. The number of rotatable bonds is 8. The van der Waals surface area contributed by atoms with Gasteiger partial charge in [-0.3, -0.25) is 4.98 Å². The van der Waals surface area contributed by atoms with Crippen molar-refractivity contribution in [3.05, 3.63) is 94.8 Å². The van der Waals surface area contributed by atoms with Gasteiger partial charge in [-0.1, -0.05) is 48.9 Å². The highest BCUT2D eigenvalue weighted by Crippen LogP contribution is 2.24. The molecular weight excluding hydrogens is 386 g/mol. The molecule has 0 fully saturated rings. The van der Waals surface area contributed by atoms with Gasteiger partial charge in [-0.05, 0) is 61.2 Å². The van der Waals surface area contributed by atoms with Gasteiger partial charge in [0.1, 0.15) is 12.4 Å². The van der Waals surface area contributed by atoms with Gasteiger partial charge >= 0.3 is 5.97 Å². The summed E-state index contributed by atoms with van der Waals surface area (Å²) in [6, 6.07) is 19.2. The van der Waals surface area contributed by atoms with E-state index >= 15 is 0 Å². The Kier molecular flexibility index (Phi) is 6.89. The fraction of sp³-hybridized carbons (Fsp3) is 0.250. The number of hydrogen-bond donors (Lipinski definition) is 0. The fourth-order valence-electron chi connectivity index (χ4n) is 2.82. The zero-order valence-electron chi connectivity index (χ0n) is 16.6. The first-order chi connectivity index (χ1) is 14.0. The highest BCUT2D eigenvalue weighted by Gasteiger charge is 2.35. The predicted molar refractivity (Wildman–Crippen MR) is 114 cm³/mol. The molecule has 3 rings (SSSR count). The van der Waals surface area contributed by atoms with Crippen LogP contribution in [-0.2, 0) is 22.6 Å². The fourth-order valence-corrected chi connectivity index (χ4v) is 2.94. The molecule has 0 radical (unpaired) electrons. The van der Waals surface area contributed by atoms with E-state index in [4.69, 9.17) is 21.1 Å². The normalized spacial score (nSPS) is 12.8. The number of carbonyl (C=O) groups is 1. The number of halogens is 1. The van der Waals surface area contributed by atoms with Crippen molar-refractivity contribution in [2.75, 3.05) is 0 Å². The second-order valence-corrected chi connectivity index (χ2v) is 7.51. The van der Waals surface area contributed by atoms with Crippen LogP contribution in [0.15, 0.2) is 73.1 Å². The van der Waals surface area contributed by atoms with Crippen molar-refractivity contribution < 1.29 is 14.3 Å². The average Bonchev–Trinajstić information content (AvgIpc) is 2.75. The highest BCUT2D eigenvalue weighted by atomic mass is 35.5. The molecule has 0 aliphatic heterocycles. The zero-order chi connectivity index (χ0) is 20.7. The molecule has 1 atom stereocenters. The minimum Gasteiger partial charge on any atom is -0.476 e. The predicted octanol–water partition coefficient (Wildman–Crippen LogP) is 5.62. The molecule has 0 bridgehead atoms. The van der Waals surface area contributed by atoms with E-state index in [-0.39, 0.29) is 6.61 Å². The van der Waals surface area contributed by atoms with Crippen LogP contribution in [0.1, 0.15) is 37.0 Å². The molecule has 0 amide bonds. The van der Waals surface area contributed by atoms with Gasteiger partial charge < -0.3 is 9.47 Å². The molecule has 0 aliphatic carbocycles. The number of pyridine rings is 1. The number of carbonyl (C=O) groups excluding carboxylic acids is 1. The van der Waals surface area contributed by atoms with Crippen LogP contribution < -0.4 is 4.74 Å². The van der Waals surface area contributed by atoms with Gasteiger partial charge in [0.2, 0.25) is 5.60 Å². The zero-order valence-corrected chi connectivity index (χ0v) is 17.4. The number of ether oxygens (including phenoxy) is 2. The van der Waals surface area contributed by atoms with Crippen molar-refractivity contribution in [1.29, 1.82) is 0 Å². The molecule has 29 heavy (non-hydrogen) atoms. The molecule has 2 aromatic carbocycles. The monoisotopic (exact) mass is 409 g/mol. The summed E-state index contributed by atoms with van der Waals surface area (Å²) in [6.45, 7) is 3.83. The third-order valence-electron chi connectivity index (χ3n) is 4.79. The van der Waals surface area contributed by atoms with Crippen molar-refractivity contribution in [1.82, 2.24) is 4.98 Å². The summed E-state index contributed by atoms with van der Waals surface area (Å²) in [5.74, 6) is 0.238. The van der Waals surface area contributed by atoms with Crippen molar-refractivity contribution in [3.63, 3.8) is 0 Å². The Balaban J connectivity index is 1.61. The summed E-state index contributed by atoms with van der Waals surface area (Å²) in [4.78, 5) is 16.7. The Morgan fingerprint density at radius 3 is 2.24 bits per heavy atom. The number of hydrogen-bond acceptors (Lipinski definition) is 4. The Morgan fingerprint density at radius 2 is 1.66 bits per heavy atom. The lowest BCUT2D eigenvalue weighted by Gasteiger charge is -2.27. The van der Waals surface area contributed by atoms with Gasteiger partial charge in [-0.25, -0.2) is 4.79 Å². The first-order valence-corrected chi connectivity index (χ1v) is 9.95. The molecule has 150 valence electrons. The molecule has 3 aromatic rings. The first kappa shape index (κ1) is 20.9. The maximum Gasteiger partial charge on any atom is 0.350 e. The van der Waals surface area contributed by atoms with Crippen LogP contribution in [0.5, 0.6) is 5.75 Å². The maximum atomic E-state index is 12.6. The summed E-state index contributed by atoms with van der Waals surface area (Å²) >= 11 is 5.94. The largest absolute Gasteiger partial charge is 0.476 e. The van der Waals surface area contributed by atoms with Crippen molar-refractivity contribution in [3.8, 4) is 5.75 Å². The van der Waals surface area contributed by atoms with E-state index in [1.165, 1.54) is 5.56 Å². The van der Waals surface area contributed by atoms with E-state index in [9.17, 15) is 4.79 Å². The molecular formula is C24H24ClNO3. The Morgan fingerprint density at radius 1 is 1.00 bits per heavy atom. The summed E-state index contributed by atoms with van der Waals surface area (Å²) in [5, 5.41) is 0.728. The second kappa shape index (κ2) is 9.57. The van der Waals surface area contributed by atoms with Crippen molar-refractivity contribution in [2.24, 2.45) is 0 Å². The second-order valence-electron chi connectivity index (χ2n) is 7.07. The van der Waals surface area contributed by atoms with Gasteiger partial charge in [0.25, 0.3) is 0 Å². The Hall–Kier alpha value is -2.85. The maximum absolute atomic E-state index is 12.6. The molecule has 1 aromatic heterocycles. The molecule has 4 nitrogen and oxygen atoms in total. The number of nitrogens with zero attached hydrogens (tertiary/aromatic N) is 1. The lowest BCUT2D eigenvalue weighted by molar-refractivity contribution is -0.162. The summed E-state index contributed by atoms with van der Waals surface area (Å²) < 4.78 is 11.5. The third-order valence-corrected chi connectivity index (χ3v) is 5.04. The van der Waals surface area contributed by atoms with Crippen LogP contribution in [0.2, 0.25) is 5.02 Å². The molecule has 0 aliphatic rings. The number of esters is 1. The molecule has 1 heterocycles. The lowest BCUT2D eigenvalue weighted by Crippen LogP contribution is -2.42. The van der Waals surface area contributed by atoms with Crippen molar-refractivity contribution >= 4 is 17.6 Å². The highest BCUT2D eigenvalue weighted by molar-refractivity contribution is 6.30. The quantitative estimate of drug-likeness (QED) is 0.453. The van der Waals surface area contributed by atoms with Gasteiger partial charge in [0.05, 0.1) is 0 Å². The van der Waals surface area contributed by atoms with Crippen LogP contribution in [0.3, 0.4) is 0 Å². The molecule has 5 heteroatoms. The Bertz CT molecular complexity index is 927. The topological polar surface area (TPSA) is 48.4 Å². The van der Waals surface area contributed by atoms with Crippen molar-refractivity contribution in [2.45, 2.75) is 38.9 Å². The minimum atomic E-state index is -1.06. The SMILES string of the molecule is CCC(C)(Oc1ccc(Cc2ccc(Cl)cc2)cc1)C(=O)OCc1cccnc1. The van der Waals surface area contributed by atoms with E-state index in [1.54, 1.807) is 19.3 Å². The molecule has 0 N–H and O–H groups in total. The van der Waals surface area contributed by atoms with Gasteiger partial charge in [0, 0.05) is 23.0 Å². The van der Waals surface area contributed by atoms with Crippen LogP contribution in [-0.4, -0.2) is 16.6 Å². The average molecular weight is 410 g/mol. The molecule has 0 spiro atoms. The van der Waals surface area contributed by atoms with Crippen LogP contribution in [0.4, 0.5) is 0 Å². The summed E-state index contributed by atoms with van der Waals surface area (Å²) in [7, 11) is 0. The van der Waals surface area contributed by atoms with Gasteiger partial charge in [-0.2, -0.15) is 0 Å². The van der Waals surface area contributed by atoms with E-state index in [2.05, 4.69) is 4.98 Å². The van der Waals surface area contributed by atoms with E-state index in [0.29, 0.717) is 12.2 Å². The van der Waals surface area contributed by atoms with Gasteiger partial charge in [-0.15, -0.1) is 0 Å².